The van der Waals surface area contributed by atoms with E-state index in [9.17, 15) is 0 Å². The molecule has 1 aliphatic carbocycles. The highest BCUT2D eigenvalue weighted by Crippen LogP contribution is 2.34. The van der Waals surface area contributed by atoms with Crippen LogP contribution in [-0.2, 0) is 0 Å². The average Bonchev–Trinajstić information content (AvgIpc) is 2.40. The highest BCUT2D eigenvalue weighted by molar-refractivity contribution is 4.88. The Morgan fingerprint density at radius 2 is 2.00 bits per heavy atom. The van der Waals surface area contributed by atoms with Gasteiger partial charge in [-0.3, -0.25) is 0 Å². The van der Waals surface area contributed by atoms with Gasteiger partial charge in [-0.25, -0.2) is 0 Å². The van der Waals surface area contributed by atoms with E-state index in [1.165, 1.54) is 58.2 Å². The van der Waals surface area contributed by atoms with Crippen LogP contribution in [0, 0.1) is 17.3 Å². The first-order valence-electron chi connectivity index (χ1n) is 9.00. The van der Waals surface area contributed by atoms with Crippen molar-refractivity contribution in [2.24, 2.45) is 17.3 Å². The average molecular weight is 280 g/mol. The largest absolute Gasteiger partial charge is 0.314 e. The Morgan fingerprint density at radius 1 is 1.20 bits per heavy atom. The molecule has 2 rings (SSSR count). The van der Waals surface area contributed by atoms with E-state index < -0.39 is 0 Å². The Bertz CT molecular complexity index is 287. The van der Waals surface area contributed by atoms with Crippen molar-refractivity contribution >= 4 is 0 Å². The number of nitrogens with zero attached hydrogens (tertiary/aromatic N) is 1. The molecule has 2 nitrogen and oxygen atoms in total. The summed E-state index contributed by atoms with van der Waals surface area (Å²) in [6.07, 6.45) is 8.46. The van der Waals surface area contributed by atoms with Crippen LogP contribution >= 0.6 is 0 Å². The highest BCUT2D eigenvalue weighted by Gasteiger charge is 2.33. The fourth-order valence-electron chi connectivity index (χ4n) is 4.50. The van der Waals surface area contributed by atoms with Gasteiger partial charge >= 0.3 is 0 Å². The lowest BCUT2D eigenvalue weighted by molar-refractivity contribution is 0.0748. The second-order valence-electron chi connectivity index (χ2n) is 8.01. The SMILES string of the molecule is CCNC1CCC(CC)CC1CN1CCCC(C)(C)C1. The molecule has 0 aromatic carbocycles. The van der Waals surface area contributed by atoms with Crippen LogP contribution in [0.4, 0.5) is 0 Å². The predicted molar refractivity (Wildman–Crippen MR) is 88.0 cm³/mol. The van der Waals surface area contributed by atoms with Crippen molar-refractivity contribution in [1.29, 1.82) is 0 Å². The number of hydrogen-bond acceptors (Lipinski definition) is 2. The van der Waals surface area contributed by atoms with E-state index in [1.54, 1.807) is 0 Å². The molecule has 1 N–H and O–H groups in total. The summed E-state index contributed by atoms with van der Waals surface area (Å²) in [5.74, 6) is 1.86. The number of nitrogens with one attached hydrogen (secondary N) is 1. The van der Waals surface area contributed by atoms with Crippen LogP contribution in [0.15, 0.2) is 0 Å². The molecule has 1 heterocycles. The number of piperidine rings is 1. The van der Waals surface area contributed by atoms with E-state index in [1.807, 2.05) is 0 Å². The van der Waals surface area contributed by atoms with Crippen LogP contribution in [-0.4, -0.2) is 37.1 Å². The normalized spacial score (nSPS) is 35.1. The van der Waals surface area contributed by atoms with Crippen molar-refractivity contribution < 1.29 is 0 Å². The van der Waals surface area contributed by atoms with Gasteiger partial charge in [-0.15, -0.1) is 0 Å². The maximum absolute atomic E-state index is 3.76. The molecule has 3 atom stereocenters. The first kappa shape index (κ1) is 16.3. The van der Waals surface area contributed by atoms with Crippen LogP contribution < -0.4 is 5.32 Å². The highest BCUT2D eigenvalue weighted by atomic mass is 15.1. The van der Waals surface area contributed by atoms with Crippen molar-refractivity contribution in [3.05, 3.63) is 0 Å². The van der Waals surface area contributed by atoms with Crippen LogP contribution in [0.25, 0.3) is 0 Å². The first-order chi connectivity index (χ1) is 9.54. The standard InChI is InChI=1S/C18H36N2/c1-5-15-8-9-17(19-6-2)16(12-15)13-20-11-7-10-18(3,4)14-20/h15-17,19H,5-14H2,1-4H3. The molecule has 1 saturated carbocycles. The van der Waals surface area contributed by atoms with Gasteiger partial charge in [0.25, 0.3) is 0 Å². The molecule has 1 aliphatic heterocycles. The topological polar surface area (TPSA) is 15.3 Å². The lowest BCUT2D eigenvalue weighted by Crippen LogP contribution is -2.49. The molecule has 0 radical (unpaired) electrons. The van der Waals surface area contributed by atoms with Gasteiger partial charge in [-0.05, 0) is 62.4 Å². The van der Waals surface area contributed by atoms with E-state index in [-0.39, 0.29) is 0 Å². The quantitative estimate of drug-likeness (QED) is 0.821. The molecule has 3 unspecified atom stereocenters. The molecule has 2 aliphatic rings. The molecular weight excluding hydrogens is 244 g/mol. The van der Waals surface area contributed by atoms with Crippen molar-refractivity contribution in [1.82, 2.24) is 10.2 Å². The van der Waals surface area contributed by atoms with E-state index in [0.29, 0.717) is 5.41 Å². The second kappa shape index (κ2) is 7.26. The fraction of sp³-hybridized carbons (Fsp3) is 1.00. The van der Waals surface area contributed by atoms with E-state index in [2.05, 4.69) is 37.9 Å². The summed E-state index contributed by atoms with van der Waals surface area (Å²) < 4.78 is 0. The van der Waals surface area contributed by atoms with Gasteiger partial charge in [0.2, 0.25) is 0 Å². The summed E-state index contributed by atoms with van der Waals surface area (Å²) in [5, 5.41) is 3.76. The Kier molecular flexibility index (Phi) is 5.92. The van der Waals surface area contributed by atoms with Crippen LogP contribution in [0.5, 0.6) is 0 Å². The zero-order valence-corrected chi connectivity index (χ0v) is 14.3. The van der Waals surface area contributed by atoms with E-state index in [4.69, 9.17) is 0 Å². The fourth-order valence-corrected chi connectivity index (χ4v) is 4.50. The first-order valence-corrected chi connectivity index (χ1v) is 9.00. The monoisotopic (exact) mass is 280 g/mol. The second-order valence-corrected chi connectivity index (χ2v) is 8.01. The zero-order chi connectivity index (χ0) is 14.6. The number of rotatable bonds is 5. The molecule has 118 valence electrons. The summed E-state index contributed by atoms with van der Waals surface area (Å²) in [4.78, 5) is 2.76. The Hall–Kier alpha value is -0.0800. The van der Waals surface area contributed by atoms with E-state index >= 15 is 0 Å². The maximum Gasteiger partial charge on any atom is 0.0108 e. The van der Waals surface area contributed by atoms with Gasteiger partial charge in [0.05, 0.1) is 0 Å². The molecule has 2 fully saturated rings. The Morgan fingerprint density at radius 3 is 2.65 bits per heavy atom. The van der Waals surface area contributed by atoms with Crippen LogP contribution in [0.1, 0.15) is 66.2 Å². The molecule has 1 saturated heterocycles. The molecule has 0 bridgehead atoms. The summed E-state index contributed by atoms with van der Waals surface area (Å²) in [6.45, 7) is 14.6. The van der Waals surface area contributed by atoms with Crippen LogP contribution in [0.3, 0.4) is 0 Å². The lowest BCUT2D eigenvalue weighted by Gasteiger charge is -2.43. The molecule has 20 heavy (non-hydrogen) atoms. The Balaban J connectivity index is 1.92. The number of hydrogen-bond donors (Lipinski definition) is 1. The Labute approximate surface area is 126 Å². The predicted octanol–water partition coefficient (Wildman–Crippen LogP) is 3.91. The van der Waals surface area contributed by atoms with Gasteiger partial charge < -0.3 is 10.2 Å². The summed E-state index contributed by atoms with van der Waals surface area (Å²) >= 11 is 0. The van der Waals surface area contributed by atoms with Gasteiger partial charge in [0.15, 0.2) is 0 Å². The lowest BCUT2D eigenvalue weighted by atomic mass is 9.76. The van der Waals surface area contributed by atoms with Gasteiger partial charge in [-0.2, -0.15) is 0 Å². The molecule has 0 aromatic heterocycles. The molecule has 0 amide bonds. The van der Waals surface area contributed by atoms with Crippen LogP contribution in [0.2, 0.25) is 0 Å². The molecule has 0 aromatic rings. The minimum atomic E-state index is 0.532. The van der Waals surface area contributed by atoms with Gasteiger partial charge in [0.1, 0.15) is 0 Å². The van der Waals surface area contributed by atoms with E-state index in [0.717, 1.165) is 24.4 Å². The minimum Gasteiger partial charge on any atom is -0.314 e. The smallest absolute Gasteiger partial charge is 0.0108 e. The van der Waals surface area contributed by atoms with Crippen molar-refractivity contribution in [2.45, 2.75) is 72.3 Å². The molecule has 0 spiro atoms. The third kappa shape index (κ3) is 4.46. The third-order valence-corrected chi connectivity index (χ3v) is 5.61. The van der Waals surface area contributed by atoms with Gasteiger partial charge in [0, 0.05) is 19.1 Å². The third-order valence-electron chi connectivity index (χ3n) is 5.61. The molecular formula is C18H36N2. The maximum atomic E-state index is 3.76. The van der Waals surface area contributed by atoms with Crippen molar-refractivity contribution in [3.63, 3.8) is 0 Å². The number of likely N-dealkylation sites (tertiary alicyclic amines) is 1. The summed E-state index contributed by atoms with van der Waals surface area (Å²) in [7, 11) is 0. The minimum absolute atomic E-state index is 0.532. The summed E-state index contributed by atoms with van der Waals surface area (Å²) in [5.41, 5.74) is 0.532. The summed E-state index contributed by atoms with van der Waals surface area (Å²) in [6, 6.07) is 0.771. The zero-order valence-electron chi connectivity index (χ0n) is 14.3. The van der Waals surface area contributed by atoms with Gasteiger partial charge in [-0.1, -0.05) is 34.1 Å². The van der Waals surface area contributed by atoms with Crippen molar-refractivity contribution in [3.8, 4) is 0 Å². The molecule has 2 heteroatoms. The van der Waals surface area contributed by atoms with Crippen molar-refractivity contribution in [2.75, 3.05) is 26.2 Å².